The van der Waals surface area contributed by atoms with Crippen LogP contribution in [0.4, 0.5) is 11.4 Å². The Morgan fingerprint density at radius 2 is 2.05 bits per heavy atom. The van der Waals surface area contributed by atoms with E-state index in [1.54, 1.807) is 23.1 Å². The molecule has 1 heterocycles. The molecule has 0 aliphatic carbocycles. The molecule has 2 rings (SSSR count). The van der Waals surface area contributed by atoms with Crippen LogP contribution in [-0.2, 0) is 14.4 Å². The quantitative estimate of drug-likeness (QED) is 0.830. The molecule has 6 nitrogen and oxygen atoms in total. The second-order valence-corrected chi connectivity index (χ2v) is 5.26. The average Bonchev–Trinajstić information content (AvgIpc) is 2.53. The van der Waals surface area contributed by atoms with Crippen molar-refractivity contribution in [2.24, 2.45) is 0 Å². The minimum Gasteiger partial charge on any atom is -0.348 e. The molecule has 118 valence electrons. The third-order valence-electron chi connectivity index (χ3n) is 3.48. The fourth-order valence-electron chi connectivity index (χ4n) is 2.34. The zero-order valence-corrected chi connectivity index (χ0v) is 12.7. The highest BCUT2D eigenvalue weighted by Gasteiger charge is 2.20. The lowest BCUT2D eigenvalue weighted by molar-refractivity contribution is -0.136. The first-order chi connectivity index (χ1) is 10.6. The van der Waals surface area contributed by atoms with E-state index in [1.807, 2.05) is 13.0 Å². The normalized spacial score (nSPS) is 14.6. The van der Waals surface area contributed by atoms with Crippen molar-refractivity contribution in [1.82, 2.24) is 5.32 Å². The molecule has 0 saturated carbocycles. The van der Waals surface area contributed by atoms with Crippen LogP contribution in [0.25, 0.3) is 0 Å². The highest BCUT2D eigenvalue weighted by Crippen LogP contribution is 2.23. The third-order valence-corrected chi connectivity index (χ3v) is 3.48. The van der Waals surface area contributed by atoms with Crippen LogP contribution in [0.1, 0.15) is 32.6 Å². The van der Waals surface area contributed by atoms with Crippen molar-refractivity contribution in [3.8, 4) is 0 Å². The van der Waals surface area contributed by atoms with Gasteiger partial charge in [0, 0.05) is 30.9 Å². The summed E-state index contributed by atoms with van der Waals surface area (Å²) in [6, 6.07) is 7.00. The van der Waals surface area contributed by atoms with Gasteiger partial charge in [-0.1, -0.05) is 13.0 Å². The van der Waals surface area contributed by atoms with Gasteiger partial charge in [0.1, 0.15) is 0 Å². The predicted molar refractivity (Wildman–Crippen MR) is 84.6 cm³/mol. The van der Waals surface area contributed by atoms with E-state index in [4.69, 9.17) is 0 Å². The molecular weight excluding hydrogens is 282 g/mol. The van der Waals surface area contributed by atoms with Gasteiger partial charge in [-0.2, -0.15) is 0 Å². The Labute approximate surface area is 129 Å². The molecule has 0 aromatic heterocycles. The number of amides is 3. The topological polar surface area (TPSA) is 78.5 Å². The molecule has 0 spiro atoms. The Hall–Kier alpha value is -2.37. The van der Waals surface area contributed by atoms with Gasteiger partial charge in [0.15, 0.2) is 0 Å². The largest absolute Gasteiger partial charge is 0.348 e. The number of anilines is 2. The van der Waals surface area contributed by atoms with Crippen LogP contribution in [0, 0.1) is 0 Å². The Morgan fingerprint density at radius 1 is 1.23 bits per heavy atom. The maximum Gasteiger partial charge on any atom is 0.313 e. The van der Waals surface area contributed by atoms with Crippen molar-refractivity contribution < 1.29 is 14.4 Å². The van der Waals surface area contributed by atoms with Crippen LogP contribution in [0.2, 0.25) is 0 Å². The molecule has 0 radical (unpaired) electrons. The van der Waals surface area contributed by atoms with E-state index in [-0.39, 0.29) is 5.91 Å². The molecule has 0 unspecified atom stereocenters. The zero-order chi connectivity index (χ0) is 15.9. The predicted octanol–water partition coefficient (Wildman–Crippen LogP) is 1.67. The number of rotatable bonds is 4. The Balaban J connectivity index is 2.03. The van der Waals surface area contributed by atoms with E-state index in [9.17, 15) is 14.4 Å². The van der Waals surface area contributed by atoms with Crippen LogP contribution in [0.5, 0.6) is 0 Å². The summed E-state index contributed by atoms with van der Waals surface area (Å²) >= 11 is 0. The molecule has 0 bridgehead atoms. The maximum absolute atomic E-state index is 11.9. The summed E-state index contributed by atoms with van der Waals surface area (Å²) in [6.45, 7) is 3.07. The average molecular weight is 303 g/mol. The van der Waals surface area contributed by atoms with Crippen LogP contribution >= 0.6 is 0 Å². The van der Waals surface area contributed by atoms with E-state index in [0.29, 0.717) is 25.2 Å². The van der Waals surface area contributed by atoms with Gasteiger partial charge in [-0.05, 0) is 37.5 Å². The minimum absolute atomic E-state index is 0.0930. The third kappa shape index (κ3) is 4.07. The number of carbonyl (C=O) groups is 3. The molecule has 1 aliphatic rings. The summed E-state index contributed by atoms with van der Waals surface area (Å²) in [7, 11) is 0. The number of carbonyl (C=O) groups excluding carboxylic acids is 3. The second-order valence-electron chi connectivity index (χ2n) is 5.26. The van der Waals surface area contributed by atoms with E-state index in [1.165, 1.54) is 0 Å². The number of hydrogen-bond acceptors (Lipinski definition) is 3. The number of benzene rings is 1. The van der Waals surface area contributed by atoms with E-state index >= 15 is 0 Å². The van der Waals surface area contributed by atoms with Crippen molar-refractivity contribution in [3.05, 3.63) is 24.3 Å². The van der Waals surface area contributed by atoms with Crippen LogP contribution in [0.15, 0.2) is 24.3 Å². The Morgan fingerprint density at radius 3 is 2.77 bits per heavy atom. The lowest BCUT2D eigenvalue weighted by Gasteiger charge is -2.27. The van der Waals surface area contributed by atoms with Crippen LogP contribution in [0.3, 0.4) is 0 Å². The van der Waals surface area contributed by atoms with Gasteiger partial charge in [0.25, 0.3) is 0 Å². The lowest BCUT2D eigenvalue weighted by Crippen LogP contribution is -2.36. The smallest absolute Gasteiger partial charge is 0.313 e. The fourth-order valence-corrected chi connectivity index (χ4v) is 2.34. The molecule has 1 aromatic carbocycles. The van der Waals surface area contributed by atoms with Crippen LogP contribution < -0.4 is 15.5 Å². The summed E-state index contributed by atoms with van der Waals surface area (Å²) in [4.78, 5) is 37.0. The monoisotopic (exact) mass is 303 g/mol. The molecule has 1 fully saturated rings. The first kappa shape index (κ1) is 16.0. The van der Waals surface area contributed by atoms with Gasteiger partial charge < -0.3 is 15.5 Å². The van der Waals surface area contributed by atoms with E-state index in [0.717, 1.165) is 24.9 Å². The van der Waals surface area contributed by atoms with Gasteiger partial charge >= 0.3 is 11.8 Å². The number of nitrogens with zero attached hydrogens (tertiary/aromatic N) is 1. The molecule has 1 aliphatic heterocycles. The van der Waals surface area contributed by atoms with Crippen molar-refractivity contribution in [1.29, 1.82) is 0 Å². The molecule has 2 N–H and O–H groups in total. The molecule has 1 aromatic rings. The first-order valence-corrected chi connectivity index (χ1v) is 7.61. The summed E-state index contributed by atoms with van der Waals surface area (Å²) in [5.74, 6) is -1.26. The zero-order valence-electron chi connectivity index (χ0n) is 12.7. The van der Waals surface area contributed by atoms with Crippen molar-refractivity contribution >= 4 is 29.1 Å². The Kier molecular flexibility index (Phi) is 5.52. The van der Waals surface area contributed by atoms with Crippen LogP contribution in [-0.4, -0.2) is 30.8 Å². The minimum atomic E-state index is -0.699. The SMILES string of the molecule is CCCNC(=O)C(=O)Nc1cccc(N2CCCCC2=O)c1. The molecule has 0 atom stereocenters. The highest BCUT2D eigenvalue weighted by molar-refractivity contribution is 6.39. The summed E-state index contributed by atoms with van der Waals surface area (Å²) in [6.07, 6.45) is 3.21. The summed E-state index contributed by atoms with van der Waals surface area (Å²) in [5, 5.41) is 5.08. The van der Waals surface area contributed by atoms with Gasteiger partial charge in [0.05, 0.1) is 0 Å². The van der Waals surface area contributed by atoms with Gasteiger partial charge in [-0.15, -0.1) is 0 Å². The number of hydrogen-bond donors (Lipinski definition) is 2. The molecule has 1 saturated heterocycles. The maximum atomic E-state index is 11.9. The van der Waals surface area contributed by atoms with Crippen molar-refractivity contribution in [2.45, 2.75) is 32.6 Å². The second kappa shape index (κ2) is 7.59. The molecule has 22 heavy (non-hydrogen) atoms. The fraction of sp³-hybridized carbons (Fsp3) is 0.438. The van der Waals surface area contributed by atoms with Crippen molar-refractivity contribution in [3.63, 3.8) is 0 Å². The highest BCUT2D eigenvalue weighted by atomic mass is 16.2. The molecule has 3 amide bonds. The number of nitrogens with one attached hydrogen (secondary N) is 2. The molecule has 6 heteroatoms. The van der Waals surface area contributed by atoms with Gasteiger partial charge in [-0.25, -0.2) is 0 Å². The molecular formula is C16H21N3O3. The van der Waals surface area contributed by atoms with Crippen molar-refractivity contribution in [2.75, 3.05) is 23.3 Å². The number of piperidine rings is 1. The van der Waals surface area contributed by atoms with E-state index in [2.05, 4.69) is 10.6 Å². The van der Waals surface area contributed by atoms with E-state index < -0.39 is 11.8 Å². The summed E-state index contributed by atoms with van der Waals surface area (Å²) < 4.78 is 0. The summed E-state index contributed by atoms with van der Waals surface area (Å²) in [5.41, 5.74) is 1.25. The first-order valence-electron chi connectivity index (χ1n) is 7.61. The van der Waals surface area contributed by atoms with Gasteiger partial charge in [-0.3, -0.25) is 14.4 Å². The standard InChI is InChI=1S/C16H21N3O3/c1-2-9-17-15(21)16(22)18-12-6-5-7-13(11-12)19-10-4-3-8-14(19)20/h5-7,11H,2-4,8-10H2,1H3,(H,17,21)(H,18,22). The van der Waals surface area contributed by atoms with Gasteiger partial charge in [0.2, 0.25) is 5.91 Å². The Bertz CT molecular complexity index is 572. The lowest BCUT2D eigenvalue weighted by atomic mass is 10.1.